The Balaban J connectivity index is 0.00000243. The fourth-order valence-electron chi connectivity index (χ4n) is 2.76. The molecule has 0 aromatic heterocycles. The monoisotopic (exact) mass is 343 g/mol. The van der Waals surface area contributed by atoms with Gasteiger partial charge in [0.15, 0.2) is 0 Å². The third-order valence-corrected chi connectivity index (χ3v) is 5.16. The second-order valence-electron chi connectivity index (χ2n) is 7.65. The summed E-state index contributed by atoms with van der Waals surface area (Å²) >= 11 is 0. The summed E-state index contributed by atoms with van der Waals surface area (Å²) in [6.07, 6.45) is 0. The molecule has 3 rings (SSSR count). The first-order chi connectivity index (χ1) is 11.7. The van der Waals surface area contributed by atoms with Crippen molar-refractivity contribution in [3.63, 3.8) is 0 Å². The normalized spacial score (nSPS) is 18.4. The molecule has 1 aliphatic heterocycles. The average molecular weight is 343 g/mol. The minimum absolute atomic E-state index is 0. The number of hydrogen-bond donors (Lipinski definition) is 1. The molecule has 2 aromatic carbocycles. The summed E-state index contributed by atoms with van der Waals surface area (Å²) in [4.78, 5) is 0. The standard InChI is InChI=1S/C20H25BFNO2.H2/c1-14-12-15(6-11-18(14)22)13-23-17-9-7-16(8-10-17)21-24-19(2,3)20(4,5)25-21;/h6-12,23H,13H2,1-5H3;1H. The molecule has 134 valence electrons. The van der Waals surface area contributed by atoms with Gasteiger partial charge in [0.1, 0.15) is 5.82 Å². The van der Waals surface area contributed by atoms with Gasteiger partial charge in [0.05, 0.1) is 11.2 Å². The zero-order valence-electron chi connectivity index (χ0n) is 15.5. The van der Waals surface area contributed by atoms with E-state index in [9.17, 15) is 4.39 Å². The topological polar surface area (TPSA) is 30.5 Å². The van der Waals surface area contributed by atoms with E-state index in [-0.39, 0.29) is 25.6 Å². The van der Waals surface area contributed by atoms with Gasteiger partial charge in [-0.2, -0.15) is 0 Å². The molecule has 0 bridgehead atoms. The Labute approximate surface area is 151 Å². The Morgan fingerprint density at radius 2 is 1.60 bits per heavy atom. The summed E-state index contributed by atoms with van der Waals surface area (Å²) in [7, 11) is -0.348. The van der Waals surface area contributed by atoms with Crippen LogP contribution in [0.15, 0.2) is 42.5 Å². The molecule has 1 heterocycles. The van der Waals surface area contributed by atoms with E-state index >= 15 is 0 Å². The van der Waals surface area contributed by atoms with Crippen LogP contribution >= 0.6 is 0 Å². The first-order valence-corrected chi connectivity index (χ1v) is 8.62. The van der Waals surface area contributed by atoms with Gasteiger partial charge >= 0.3 is 7.12 Å². The number of benzene rings is 2. The zero-order chi connectivity index (χ0) is 18.2. The maximum atomic E-state index is 13.3. The molecule has 0 aliphatic carbocycles. The summed E-state index contributed by atoms with van der Waals surface area (Å²) in [6, 6.07) is 13.2. The van der Waals surface area contributed by atoms with Crippen LogP contribution in [0.25, 0.3) is 0 Å². The van der Waals surface area contributed by atoms with E-state index in [1.807, 2.05) is 58.0 Å². The van der Waals surface area contributed by atoms with E-state index in [1.54, 1.807) is 13.0 Å². The average Bonchev–Trinajstić information content (AvgIpc) is 2.77. The fraction of sp³-hybridized carbons (Fsp3) is 0.400. The quantitative estimate of drug-likeness (QED) is 0.840. The van der Waals surface area contributed by atoms with Gasteiger partial charge in [-0.3, -0.25) is 0 Å². The zero-order valence-corrected chi connectivity index (χ0v) is 15.5. The lowest BCUT2D eigenvalue weighted by Crippen LogP contribution is -2.41. The summed E-state index contributed by atoms with van der Waals surface area (Å²) in [5.74, 6) is -0.171. The Kier molecular flexibility index (Phi) is 4.65. The smallest absolute Gasteiger partial charge is 0.399 e. The van der Waals surface area contributed by atoms with E-state index < -0.39 is 0 Å². The number of aryl methyl sites for hydroxylation is 1. The number of anilines is 1. The highest BCUT2D eigenvalue weighted by atomic mass is 19.1. The molecular formula is C20H27BFNO2. The number of nitrogens with one attached hydrogen (secondary N) is 1. The molecule has 3 nitrogen and oxygen atoms in total. The van der Waals surface area contributed by atoms with Crippen molar-refractivity contribution in [2.75, 3.05) is 5.32 Å². The molecule has 1 aliphatic rings. The molecule has 0 atom stereocenters. The molecule has 0 unspecified atom stereocenters. The molecular weight excluding hydrogens is 316 g/mol. The van der Waals surface area contributed by atoms with Crippen molar-refractivity contribution in [2.45, 2.75) is 52.4 Å². The maximum Gasteiger partial charge on any atom is 0.494 e. The van der Waals surface area contributed by atoms with Gasteiger partial charge in [0.25, 0.3) is 0 Å². The van der Waals surface area contributed by atoms with E-state index in [4.69, 9.17) is 9.31 Å². The van der Waals surface area contributed by atoms with Gasteiger partial charge < -0.3 is 14.6 Å². The van der Waals surface area contributed by atoms with Crippen molar-refractivity contribution in [3.05, 3.63) is 59.4 Å². The minimum Gasteiger partial charge on any atom is -0.399 e. The maximum absolute atomic E-state index is 13.3. The third-order valence-electron chi connectivity index (χ3n) is 5.16. The van der Waals surface area contributed by atoms with Gasteiger partial charge in [-0.1, -0.05) is 24.3 Å². The van der Waals surface area contributed by atoms with Gasteiger partial charge in [-0.05, 0) is 69.4 Å². The molecule has 1 N–H and O–H groups in total. The van der Waals surface area contributed by atoms with Crippen molar-refractivity contribution in [1.82, 2.24) is 0 Å². The van der Waals surface area contributed by atoms with Gasteiger partial charge in [0, 0.05) is 13.7 Å². The van der Waals surface area contributed by atoms with Crippen molar-refractivity contribution in [2.24, 2.45) is 0 Å². The summed E-state index contributed by atoms with van der Waals surface area (Å²) < 4.78 is 25.5. The molecule has 0 radical (unpaired) electrons. The molecule has 1 fully saturated rings. The number of halogens is 1. The summed E-state index contributed by atoms with van der Waals surface area (Å²) in [6.45, 7) is 10.6. The second-order valence-corrected chi connectivity index (χ2v) is 7.65. The van der Waals surface area contributed by atoms with Gasteiger partial charge in [-0.15, -0.1) is 0 Å². The van der Waals surface area contributed by atoms with Crippen LogP contribution in [0.2, 0.25) is 0 Å². The number of hydrogen-bond acceptors (Lipinski definition) is 3. The van der Waals surface area contributed by atoms with Crippen LogP contribution in [0.4, 0.5) is 10.1 Å². The molecule has 2 aromatic rings. The Hall–Kier alpha value is -1.85. The van der Waals surface area contributed by atoms with Crippen LogP contribution in [0, 0.1) is 12.7 Å². The van der Waals surface area contributed by atoms with Crippen LogP contribution in [0.1, 0.15) is 40.2 Å². The van der Waals surface area contributed by atoms with Gasteiger partial charge in [-0.25, -0.2) is 4.39 Å². The predicted molar refractivity (Wildman–Crippen MR) is 103 cm³/mol. The Morgan fingerprint density at radius 1 is 1.00 bits per heavy atom. The highest BCUT2D eigenvalue weighted by molar-refractivity contribution is 6.62. The van der Waals surface area contributed by atoms with Crippen molar-refractivity contribution < 1.29 is 15.1 Å². The van der Waals surface area contributed by atoms with E-state index in [0.29, 0.717) is 12.1 Å². The molecule has 1 saturated heterocycles. The van der Waals surface area contributed by atoms with Gasteiger partial charge in [0.2, 0.25) is 0 Å². The van der Waals surface area contributed by atoms with E-state index in [0.717, 1.165) is 16.7 Å². The highest BCUT2D eigenvalue weighted by Crippen LogP contribution is 2.36. The van der Waals surface area contributed by atoms with E-state index in [2.05, 4.69) is 5.32 Å². The van der Waals surface area contributed by atoms with Crippen LogP contribution < -0.4 is 10.8 Å². The lowest BCUT2D eigenvalue weighted by Gasteiger charge is -2.32. The van der Waals surface area contributed by atoms with Crippen LogP contribution in [-0.2, 0) is 15.9 Å². The lowest BCUT2D eigenvalue weighted by molar-refractivity contribution is 0.00578. The lowest BCUT2D eigenvalue weighted by atomic mass is 9.79. The Bertz CT molecular complexity index is 749. The predicted octanol–water partition coefficient (Wildman–Crippen LogP) is 4.29. The SMILES string of the molecule is Cc1cc(CNc2ccc(B3OC(C)(C)C(C)(C)O3)cc2)ccc1F.[HH]. The van der Waals surface area contributed by atoms with E-state index in [1.165, 1.54) is 6.07 Å². The molecule has 0 saturated carbocycles. The minimum atomic E-state index is -0.348. The molecule has 0 amide bonds. The first-order valence-electron chi connectivity index (χ1n) is 8.62. The fourth-order valence-corrected chi connectivity index (χ4v) is 2.76. The van der Waals surface area contributed by atoms with Crippen LogP contribution in [0.5, 0.6) is 0 Å². The van der Waals surface area contributed by atoms with Crippen LogP contribution in [0.3, 0.4) is 0 Å². The van der Waals surface area contributed by atoms with Crippen LogP contribution in [-0.4, -0.2) is 18.3 Å². The number of rotatable bonds is 4. The Morgan fingerprint density at radius 3 is 2.16 bits per heavy atom. The molecule has 5 heteroatoms. The third kappa shape index (κ3) is 3.72. The largest absolute Gasteiger partial charge is 0.494 e. The van der Waals surface area contributed by atoms with Crippen molar-refractivity contribution in [3.8, 4) is 0 Å². The van der Waals surface area contributed by atoms with Crippen molar-refractivity contribution in [1.29, 1.82) is 0 Å². The molecule has 25 heavy (non-hydrogen) atoms. The first kappa shape index (κ1) is 18.0. The summed E-state index contributed by atoms with van der Waals surface area (Å²) in [5, 5.41) is 3.35. The van der Waals surface area contributed by atoms with Crippen molar-refractivity contribution >= 4 is 18.3 Å². The highest BCUT2D eigenvalue weighted by Gasteiger charge is 2.51. The summed E-state index contributed by atoms with van der Waals surface area (Å²) in [5.41, 5.74) is 3.04. The second kappa shape index (κ2) is 6.47. The molecule has 0 spiro atoms.